The van der Waals surface area contributed by atoms with Crippen LogP contribution in [0.1, 0.15) is 32.6 Å². The highest BCUT2D eigenvalue weighted by molar-refractivity contribution is 5.75. The molecule has 1 N–H and O–H groups in total. The number of Topliss-reactive ketones (excluding diaryl/α,β-unsaturated/α-hetero) is 1. The van der Waals surface area contributed by atoms with E-state index in [9.17, 15) is 4.79 Å². The van der Waals surface area contributed by atoms with E-state index >= 15 is 0 Å². The van der Waals surface area contributed by atoms with Gasteiger partial charge in [0.05, 0.1) is 19.3 Å². The number of nitrogens with zero attached hydrogens (tertiary/aromatic N) is 1. The largest absolute Gasteiger partial charge is 0.394 e. The molecule has 0 atom stereocenters. The molecule has 0 amide bonds. The van der Waals surface area contributed by atoms with Crippen LogP contribution in [0.5, 0.6) is 0 Å². The Morgan fingerprint density at radius 2 is 2.12 bits per heavy atom. The number of rotatable bonds is 7. The van der Waals surface area contributed by atoms with Gasteiger partial charge in [-0.1, -0.05) is 0 Å². The second-order valence-corrected chi connectivity index (χ2v) is 4.44. The summed E-state index contributed by atoms with van der Waals surface area (Å²) >= 11 is 0. The molecule has 1 aliphatic rings. The smallest absolute Gasteiger partial charge is 0.129 e. The van der Waals surface area contributed by atoms with Crippen molar-refractivity contribution in [3.8, 4) is 0 Å². The van der Waals surface area contributed by atoms with Crippen LogP contribution in [-0.4, -0.2) is 54.7 Å². The van der Waals surface area contributed by atoms with Gasteiger partial charge < -0.3 is 19.5 Å². The lowest BCUT2D eigenvalue weighted by Gasteiger charge is -2.31. The number of aliphatic hydroxyl groups excluding tert-OH is 1. The maximum Gasteiger partial charge on any atom is 0.129 e. The molecule has 1 saturated heterocycles. The van der Waals surface area contributed by atoms with E-state index in [-0.39, 0.29) is 12.4 Å². The van der Waals surface area contributed by atoms with Crippen LogP contribution < -0.4 is 0 Å². The zero-order valence-electron chi connectivity index (χ0n) is 10.2. The van der Waals surface area contributed by atoms with Gasteiger partial charge in [-0.15, -0.1) is 0 Å². The van der Waals surface area contributed by atoms with E-state index in [2.05, 4.69) is 4.90 Å². The van der Waals surface area contributed by atoms with Crippen LogP contribution in [0.25, 0.3) is 0 Å². The second-order valence-electron chi connectivity index (χ2n) is 4.44. The van der Waals surface area contributed by atoms with Crippen molar-refractivity contribution in [3.63, 3.8) is 0 Å². The molecule has 0 aromatic rings. The van der Waals surface area contributed by atoms with Crippen LogP contribution in [0.2, 0.25) is 0 Å². The Morgan fingerprint density at radius 1 is 1.44 bits per heavy atom. The molecular weight excluding hydrogens is 206 g/mol. The summed E-state index contributed by atoms with van der Waals surface area (Å²) in [6, 6.07) is 0. The van der Waals surface area contributed by atoms with Crippen molar-refractivity contribution < 1.29 is 14.6 Å². The molecule has 0 unspecified atom stereocenters. The third kappa shape index (κ3) is 5.58. The summed E-state index contributed by atoms with van der Waals surface area (Å²) < 4.78 is 5.49. The molecule has 16 heavy (non-hydrogen) atoms. The van der Waals surface area contributed by atoms with Crippen LogP contribution in [0.4, 0.5) is 0 Å². The molecule has 1 fully saturated rings. The van der Waals surface area contributed by atoms with E-state index in [0.29, 0.717) is 19.1 Å². The van der Waals surface area contributed by atoms with Crippen molar-refractivity contribution in [3.05, 3.63) is 0 Å². The van der Waals surface area contributed by atoms with Crippen molar-refractivity contribution in [1.82, 2.24) is 4.90 Å². The highest BCUT2D eigenvalue weighted by Gasteiger charge is 2.18. The van der Waals surface area contributed by atoms with E-state index < -0.39 is 0 Å². The Bertz CT molecular complexity index is 200. The summed E-state index contributed by atoms with van der Waals surface area (Å²) in [4.78, 5) is 13.2. The highest BCUT2D eigenvalue weighted by Crippen LogP contribution is 2.14. The third-order valence-electron chi connectivity index (χ3n) is 2.98. The number of carbonyl (C=O) groups is 1. The van der Waals surface area contributed by atoms with Crippen molar-refractivity contribution in [2.24, 2.45) is 0 Å². The summed E-state index contributed by atoms with van der Waals surface area (Å²) in [5, 5.41) is 8.65. The molecule has 1 heterocycles. The standard InChI is InChI=1S/C12H23NO3/c1-11(15)3-2-6-13-7-4-12(5-8-13)16-10-9-14/h12,14H,2-10H2,1H3. The molecule has 0 spiro atoms. The number of ether oxygens (including phenoxy) is 1. The normalized spacial score (nSPS) is 18.9. The second kappa shape index (κ2) is 7.76. The summed E-state index contributed by atoms with van der Waals surface area (Å²) in [6.45, 7) is 5.33. The van der Waals surface area contributed by atoms with Gasteiger partial charge in [-0.2, -0.15) is 0 Å². The zero-order chi connectivity index (χ0) is 11.8. The molecule has 0 saturated carbocycles. The molecule has 1 rings (SSSR count). The van der Waals surface area contributed by atoms with Gasteiger partial charge in [0.15, 0.2) is 0 Å². The summed E-state index contributed by atoms with van der Waals surface area (Å²) in [7, 11) is 0. The van der Waals surface area contributed by atoms with E-state index in [1.165, 1.54) is 0 Å². The van der Waals surface area contributed by atoms with Gasteiger partial charge in [-0.3, -0.25) is 0 Å². The van der Waals surface area contributed by atoms with Crippen molar-refractivity contribution in [2.45, 2.75) is 38.7 Å². The fourth-order valence-corrected chi connectivity index (χ4v) is 2.07. The molecule has 0 bridgehead atoms. The highest BCUT2D eigenvalue weighted by atomic mass is 16.5. The summed E-state index contributed by atoms with van der Waals surface area (Å²) in [5.74, 6) is 0.279. The first kappa shape index (κ1) is 13.6. The Morgan fingerprint density at radius 3 is 2.69 bits per heavy atom. The molecule has 4 heteroatoms. The quantitative estimate of drug-likeness (QED) is 0.702. The third-order valence-corrected chi connectivity index (χ3v) is 2.98. The number of aliphatic hydroxyl groups is 1. The predicted octanol–water partition coefficient (Wildman–Crippen LogP) is 0.829. The fraction of sp³-hybridized carbons (Fsp3) is 0.917. The Labute approximate surface area is 97.6 Å². The van der Waals surface area contributed by atoms with Gasteiger partial charge in [0, 0.05) is 19.5 Å². The van der Waals surface area contributed by atoms with E-state index in [0.717, 1.165) is 38.9 Å². The van der Waals surface area contributed by atoms with Crippen LogP contribution in [0.3, 0.4) is 0 Å². The molecule has 94 valence electrons. The maximum atomic E-state index is 10.8. The lowest BCUT2D eigenvalue weighted by molar-refractivity contribution is -0.117. The van der Waals surface area contributed by atoms with Crippen LogP contribution in [0.15, 0.2) is 0 Å². The van der Waals surface area contributed by atoms with E-state index in [1.54, 1.807) is 6.92 Å². The Balaban J connectivity index is 2.05. The summed E-state index contributed by atoms with van der Waals surface area (Å²) in [5.41, 5.74) is 0. The van der Waals surface area contributed by atoms with Gasteiger partial charge in [0.2, 0.25) is 0 Å². The van der Waals surface area contributed by atoms with Gasteiger partial charge in [0.25, 0.3) is 0 Å². The number of likely N-dealkylation sites (tertiary alicyclic amines) is 1. The van der Waals surface area contributed by atoms with E-state index in [1.807, 2.05) is 0 Å². The molecular formula is C12H23NO3. The fourth-order valence-electron chi connectivity index (χ4n) is 2.07. The first-order valence-electron chi connectivity index (χ1n) is 6.16. The predicted molar refractivity (Wildman–Crippen MR) is 62.4 cm³/mol. The van der Waals surface area contributed by atoms with Gasteiger partial charge >= 0.3 is 0 Å². The number of piperidine rings is 1. The SMILES string of the molecule is CC(=O)CCCN1CCC(OCCO)CC1. The molecule has 0 radical (unpaired) electrons. The Hall–Kier alpha value is -0.450. The van der Waals surface area contributed by atoms with Gasteiger partial charge in [-0.25, -0.2) is 0 Å². The minimum Gasteiger partial charge on any atom is -0.394 e. The van der Waals surface area contributed by atoms with Crippen molar-refractivity contribution in [1.29, 1.82) is 0 Å². The van der Waals surface area contributed by atoms with Crippen molar-refractivity contribution >= 4 is 5.78 Å². The average molecular weight is 229 g/mol. The monoisotopic (exact) mass is 229 g/mol. The van der Waals surface area contributed by atoms with Crippen LogP contribution >= 0.6 is 0 Å². The van der Waals surface area contributed by atoms with Crippen LogP contribution in [0, 0.1) is 0 Å². The lowest BCUT2D eigenvalue weighted by atomic mass is 10.1. The minimum atomic E-state index is 0.110. The van der Waals surface area contributed by atoms with Gasteiger partial charge in [-0.05, 0) is 32.7 Å². The lowest BCUT2D eigenvalue weighted by Crippen LogP contribution is -2.37. The van der Waals surface area contributed by atoms with Crippen molar-refractivity contribution in [2.75, 3.05) is 32.8 Å². The maximum absolute atomic E-state index is 10.8. The molecule has 0 aromatic carbocycles. The topological polar surface area (TPSA) is 49.8 Å². The zero-order valence-corrected chi connectivity index (χ0v) is 10.2. The number of ketones is 1. The molecule has 0 aliphatic carbocycles. The number of carbonyl (C=O) groups excluding carboxylic acids is 1. The first-order chi connectivity index (χ1) is 7.72. The van der Waals surface area contributed by atoms with Gasteiger partial charge in [0.1, 0.15) is 5.78 Å². The number of hydrogen-bond donors (Lipinski definition) is 1. The Kier molecular flexibility index (Phi) is 6.61. The summed E-state index contributed by atoms with van der Waals surface area (Å²) in [6.07, 6.45) is 4.06. The first-order valence-corrected chi connectivity index (χ1v) is 6.16. The molecule has 1 aliphatic heterocycles. The molecule has 4 nitrogen and oxygen atoms in total. The van der Waals surface area contributed by atoms with E-state index in [4.69, 9.17) is 9.84 Å². The average Bonchev–Trinajstić information content (AvgIpc) is 2.27. The minimum absolute atomic E-state index is 0.110. The number of hydrogen-bond acceptors (Lipinski definition) is 4. The van der Waals surface area contributed by atoms with Crippen LogP contribution in [-0.2, 0) is 9.53 Å². The molecule has 0 aromatic heterocycles.